The van der Waals surface area contributed by atoms with E-state index in [1.165, 1.54) is 11.8 Å². The number of benzene rings is 1. The average Bonchev–Trinajstić information content (AvgIpc) is 2.43. The molecule has 6 nitrogen and oxygen atoms in total. The molecule has 0 aromatic heterocycles. The lowest BCUT2D eigenvalue weighted by molar-refractivity contribution is -0.138. The molecule has 0 saturated carbocycles. The van der Waals surface area contributed by atoms with Crippen molar-refractivity contribution in [2.24, 2.45) is 5.73 Å². The maximum atomic E-state index is 11.7. The van der Waals surface area contributed by atoms with E-state index in [1.54, 1.807) is 31.4 Å². The molecule has 7 heteroatoms. The normalized spacial score (nSPS) is 11.7. The Morgan fingerprint density at radius 1 is 1.50 bits per heavy atom. The van der Waals surface area contributed by atoms with Crippen LogP contribution in [0.3, 0.4) is 0 Å². The number of thioether (sulfide) groups is 1. The highest BCUT2D eigenvalue weighted by molar-refractivity contribution is 7.99. The van der Waals surface area contributed by atoms with Crippen LogP contribution in [0.2, 0.25) is 0 Å². The maximum absolute atomic E-state index is 11.7. The number of aliphatic carboxylic acids is 1. The minimum absolute atomic E-state index is 0.146. The van der Waals surface area contributed by atoms with Crippen LogP contribution in [-0.4, -0.2) is 41.6 Å². The van der Waals surface area contributed by atoms with E-state index in [0.29, 0.717) is 23.6 Å². The van der Waals surface area contributed by atoms with Crippen LogP contribution in [-0.2, 0) is 9.59 Å². The van der Waals surface area contributed by atoms with Crippen LogP contribution in [0, 0.1) is 0 Å². The Labute approximate surface area is 121 Å². The summed E-state index contributed by atoms with van der Waals surface area (Å²) in [5, 5.41) is 11.3. The quantitative estimate of drug-likeness (QED) is 0.623. The number of carboxylic acid groups (broad SMARTS) is 1. The van der Waals surface area contributed by atoms with Gasteiger partial charge in [-0.05, 0) is 24.3 Å². The molecule has 0 aliphatic heterocycles. The largest absolute Gasteiger partial charge is 0.497 e. The van der Waals surface area contributed by atoms with Gasteiger partial charge in [-0.15, -0.1) is 0 Å². The molecule has 1 unspecified atom stereocenters. The van der Waals surface area contributed by atoms with Crippen molar-refractivity contribution in [3.05, 3.63) is 24.3 Å². The Morgan fingerprint density at radius 3 is 2.90 bits per heavy atom. The molecule has 1 atom stereocenters. The van der Waals surface area contributed by atoms with Crippen molar-refractivity contribution in [3.63, 3.8) is 0 Å². The second-order valence-corrected chi connectivity index (χ2v) is 5.17. The van der Waals surface area contributed by atoms with E-state index >= 15 is 0 Å². The number of carbonyl (C=O) groups is 2. The van der Waals surface area contributed by atoms with Crippen molar-refractivity contribution in [2.45, 2.75) is 12.5 Å². The van der Waals surface area contributed by atoms with Crippen LogP contribution in [0.25, 0.3) is 0 Å². The molecular weight excluding hydrogens is 280 g/mol. The number of hydrogen-bond acceptors (Lipinski definition) is 5. The average molecular weight is 298 g/mol. The molecule has 0 aliphatic rings. The molecule has 1 aromatic carbocycles. The first-order valence-corrected chi connectivity index (χ1v) is 7.18. The van der Waals surface area contributed by atoms with Crippen molar-refractivity contribution in [3.8, 4) is 5.75 Å². The summed E-state index contributed by atoms with van der Waals surface area (Å²) in [5.41, 5.74) is 6.03. The van der Waals surface area contributed by atoms with Gasteiger partial charge in [0.05, 0.1) is 12.9 Å². The van der Waals surface area contributed by atoms with Gasteiger partial charge in [0.25, 0.3) is 0 Å². The number of hydrogen-bond donors (Lipinski definition) is 3. The van der Waals surface area contributed by atoms with E-state index in [2.05, 4.69) is 5.32 Å². The highest BCUT2D eigenvalue weighted by Crippen LogP contribution is 2.17. The lowest BCUT2D eigenvalue weighted by atomic mass is 10.2. The zero-order valence-corrected chi connectivity index (χ0v) is 12.0. The number of amides is 1. The van der Waals surface area contributed by atoms with E-state index in [4.69, 9.17) is 15.6 Å². The van der Waals surface area contributed by atoms with Crippen molar-refractivity contribution in [2.75, 3.05) is 23.9 Å². The molecular formula is C13H18N2O4S. The summed E-state index contributed by atoms with van der Waals surface area (Å²) in [6.07, 6.45) is 0.340. The van der Waals surface area contributed by atoms with Crippen LogP contribution in [0.4, 0.5) is 5.69 Å². The molecule has 0 aliphatic carbocycles. The Kier molecular flexibility index (Phi) is 6.89. The molecule has 0 heterocycles. The van der Waals surface area contributed by atoms with Gasteiger partial charge in [-0.3, -0.25) is 9.59 Å². The molecule has 4 N–H and O–H groups in total. The first-order valence-electron chi connectivity index (χ1n) is 6.03. The minimum atomic E-state index is -1.02. The monoisotopic (exact) mass is 298 g/mol. The Morgan fingerprint density at radius 2 is 2.25 bits per heavy atom. The van der Waals surface area contributed by atoms with E-state index in [0.717, 1.165) is 0 Å². The second kappa shape index (κ2) is 8.44. The fourth-order valence-electron chi connectivity index (χ4n) is 1.40. The third kappa shape index (κ3) is 5.94. The Balaban J connectivity index is 2.28. The summed E-state index contributed by atoms with van der Waals surface area (Å²) in [6, 6.07) is 6.20. The predicted octanol–water partition coefficient (Wildman–Crippen LogP) is 1.17. The molecule has 0 bridgehead atoms. The number of methoxy groups -OCH3 is 1. The smallest absolute Gasteiger partial charge is 0.320 e. The van der Waals surface area contributed by atoms with Gasteiger partial charge in [-0.25, -0.2) is 0 Å². The number of rotatable bonds is 8. The lowest BCUT2D eigenvalue weighted by Crippen LogP contribution is -2.30. The van der Waals surface area contributed by atoms with Gasteiger partial charge in [-0.1, -0.05) is 6.07 Å². The molecule has 0 radical (unpaired) electrons. The van der Waals surface area contributed by atoms with Crippen molar-refractivity contribution < 1.29 is 19.4 Å². The molecule has 0 saturated heterocycles. The minimum Gasteiger partial charge on any atom is -0.497 e. The highest BCUT2D eigenvalue weighted by atomic mass is 32.2. The standard InChI is InChI=1S/C13H18N2O4S/c1-19-10-4-2-3-9(7-10)15-12(16)8-20-6-5-11(14)13(17)18/h2-4,7,11H,5-6,8,14H2,1H3,(H,15,16)(H,17,18). The summed E-state index contributed by atoms with van der Waals surface area (Å²) in [6.45, 7) is 0. The van der Waals surface area contributed by atoms with E-state index in [1.807, 2.05) is 0 Å². The first kappa shape index (κ1) is 16.3. The van der Waals surface area contributed by atoms with Crippen LogP contribution in [0.15, 0.2) is 24.3 Å². The Bertz CT molecular complexity index is 467. The number of carboxylic acids is 1. The molecule has 1 aromatic rings. The number of nitrogens with one attached hydrogen (secondary N) is 1. The van der Waals surface area contributed by atoms with Crippen molar-refractivity contribution in [1.82, 2.24) is 0 Å². The third-order valence-electron chi connectivity index (χ3n) is 2.48. The first-order chi connectivity index (χ1) is 9.52. The van der Waals surface area contributed by atoms with Gasteiger partial charge in [0.15, 0.2) is 0 Å². The van der Waals surface area contributed by atoms with Gasteiger partial charge in [0, 0.05) is 11.8 Å². The fourth-order valence-corrected chi connectivity index (χ4v) is 2.22. The molecule has 110 valence electrons. The lowest BCUT2D eigenvalue weighted by Gasteiger charge is -2.08. The van der Waals surface area contributed by atoms with Gasteiger partial charge in [0.1, 0.15) is 11.8 Å². The third-order valence-corrected chi connectivity index (χ3v) is 3.47. The summed E-state index contributed by atoms with van der Waals surface area (Å²) in [7, 11) is 1.56. The topological polar surface area (TPSA) is 102 Å². The number of carbonyl (C=O) groups excluding carboxylic acids is 1. The molecule has 1 rings (SSSR count). The fraction of sp³-hybridized carbons (Fsp3) is 0.385. The van der Waals surface area contributed by atoms with E-state index in [9.17, 15) is 9.59 Å². The predicted molar refractivity (Wildman–Crippen MR) is 79.2 cm³/mol. The number of ether oxygens (including phenoxy) is 1. The van der Waals surface area contributed by atoms with Gasteiger partial charge in [-0.2, -0.15) is 11.8 Å². The number of anilines is 1. The molecule has 0 spiro atoms. The van der Waals surface area contributed by atoms with Crippen molar-refractivity contribution in [1.29, 1.82) is 0 Å². The van der Waals surface area contributed by atoms with Crippen LogP contribution >= 0.6 is 11.8 Å². The summed E-state index contributed by atoms with van der Waals surface area (Å²) >= 11 is 1.35. The zero-order valence-electron chi connectivity index (χ0n) is 11.2. The van der Waals surface area contributed by atoms with Crippen LogP contribution in [0.1, 0.15) is 6.42 Å². The molecule has 1 amide bonds. The SMILES string of the molecule is COc1cccc(NC(=O)CSCCC(N)C(=O)O)c1. The summed E-state index contributed by atoms with van der Waals surface area (Å²) < 4.78 is 5.06. The van der Waals surface area contributed by atoms with E-state index < -0.39 is 12.0 Å². The van der Waals surface area contributed by atoms with Gasteiger partial charge >= 0.3 is 5.97 Å². The van der Waals surface area contributed by atoms with Crippen molar-refractivity contribution >= 4 is 29.3 Å². The molecule has 0 fully saturated rings. The van der Waals surface area contributed by atoms with Crippen LogP contribution in [0.5, 0.6) is 5.75 Å². The van der Waals surface area contributed by atoms with E-state index in [-0.39, 0.29) is 11.7 Å². The van der Waals surface area contributed by atoms with Gasteiger partial charge < -0.3 is 20.9 Å². The Hall–Kier alpha value is -1.73. The zero-order chi connectivity index (χ0) is 15.0. The van der Waals surface area contributed by atoms with Crippen LogP contribution < -0.4 is 15.8 Å². The highest BCUT2D eigenvalue weighted by Gasteiger charge is 2.11. The molecule has 20 heavy (non-hydrogen) atoms. The van der Waals surface area contributed by atoms with Gasteiger partial charge in [0.2, 0.25) is 5.91 Å². The summed E-state index contributed by atoms with van der Waals surface area (Å²) in [5.74, 6) is 0.282. The number of nitrogens with two attached hydrogens (primary N) is 1. The second-order valence-electron chi connectivity index (χ2n) is 4.07. The summed E-state index contributed by atoms with van der Waals surface area (Å²) in [4.78, 5) is 22.2. The maximum Gasteiger partial charge on any atom is 0.320 e.